The van der Waals surface area contributed by atoms with Gasteiger partial charge >= 0.3 is 5.97 Å². The highest BCUT2D eigenvalue weighted by atomic mass is 16.5. The molecule has 20 heavy (non-hydrogen) atoms. The van der Waals surface area contributed by atoms with Gasteiger partial charge in [-0.25, -0.2) is 4.79 Å². The summed E-state index contributed by atoms with van der Waals surface area (Å²) in [5.74, 6) is -3.13. The average molecular weight is 282 g/mol. The van der Waals surface area contributed by atoms with Crippen LogP contribution in [0.5, 0.6) is 11.5 Å². The van der Waals surface area contributed by atoms with Crippen LogP contribution in [0.4, 0.5) is 0 Å². The maximum absolute atomic E-state index is 11.8. The van der Waals surface area contributed by atoms with Crippen molar-refractivity contribution in [3.05, 3.63) is 23.8 Å². The number of carbonyl (C=O) groups excluding carboxylic acids is 2. The molecule has 1 aromatic carbocycles. The maximum atomic E-state index is 11.8. The standard InChI is InChI=1S/C12H14N2O6/c1-20-6-2-3-7(9(15)4-6)11(17)14-8(12(18)19)5-10(13)16/h2-4,8,15H,5H2,1H3,(H2,13,16)(H,14,17)(H,18,19)/t8-/m0/s1. The number of aromatic hydroxyl groups is 1. The zero-order valence-electron chi connectivity index (χ0n) is 10.6. The van der Waals surface area contributed by atoms with Crippen LogP contribution < -0.4 is 15.8 Å². The molecule has 108 valence electrons. The summed E-state index contributed by atoms with van der Waals surface area (Å²) in [6.07, 6.45) is -0.544. The van der Waals surface area contributed by atoms with Gasteiger partial charge in [-0.05, 0) is 12.1 Å². The summed E-state index contributed by atoms with van der Waals surface area (Å²) < 4.78 is 4.85. The number of phenols is 1. The zero-order chi connectivity index (χ0) is 15.3. The molecule has 1 rings (SSSR count). The number of hydrogen-bond acceptors (Lipinski definition) is 5. The van der Waals surface area contributed by atoms with Crippen molar-refractivity contribution in [2.75, 3.05) is 7.11 Å². The summed E-state index contributed by atoms with van der Waals surface area (Å²) in [6.45, 7) is 0. The molecule has 0 saturated heterocycles. The highest BCUT2D eigenvalue weighted by Gasteiger charge is 2.24. The van der Waals surface area contributed by atoms with Crippen molar-refractivity contribution in [1.82, 2.24) is 5.32 Å². The predicted molar refractivity (Wildman–Crippen MR) is 67.4 cm³/mol. The molecule has 0 radical (unpaired) electrons. The number of primary amides is 1. The molecule has 0 aliphatic heterocycles. The van der Waals surface area contributed by atoms with Gasteiger partial charge in [-0.2, -0.15) is 0 Å². The first-order chi connectivity index (χ1) is 9.35. The Morgan fingerprint density at radius 1 is 1.40 bits per heavy atom. The average Bonchev–Trinajstić information content (AvgIpc) is 2.36. The Labute approximate surface area is 114 Å². The Morgan fingerprint density at radius 3 is 2.50 bits per heavy atom. The van der Waals surface area contributed by atoms with Gasteiger partial charge in [0.2, 0.25) is 5.91 Å². The van der Waals surface area contributed by atoms with Gasteiger partial charge in [0.15, 0.2) is 0 Å². The van der Waals surface area contributed by atoms with E-state index >= 15 is 0 Å². The van der Waals surface area contributed by atoms with E-state index in [1.54, 1.807) is 0 Å². The van der Waals surface area contributed by atoms with Gasteiger partial charge in [-0.3, -0.25) is 9.59 Å². The molecule has 0 spiro atoms. The predicted octanol–water partition coefficient (Wildman–Crippen LogP) is -0.541. The number of phenolic OH excluding ortho intramolecular Hbond substituents is 1. The van der Waals surface area contributed by atoms with E-state index in [9.17, 15) is 19.5 Å². The van der Waals surface area contributed by atoms with E-state index in [0.29, 0.717) is 5.75 Å². The van der Waals surface area contributed by atoms with Crippen LogP contribution in [0.2, 0.25) is 0 Å². The quantitative estimate of drug-likeness (QED) is 0.552. The third kappa shape index (κ3) is 3.87. The first-order valence-electron chi connectivity index (χ1n) is 5.54. The number of carboxylic acids is 1. The minimum Gasteiger partial charge on any atom is -0.507 e. The molecule has 8 heteroatoms. The van der Waals surface area contributed by atoms with E-state index in [1.807, 2.05) is 0 Å². The third-order valence-electron chi connectivity index (χ3n) is 2.46. The van der Waals surface area contributed by atoms with Crippen LogP contribution in [0.1, 0.15) is 16.8 Å². The number of carboxylic acid groups (broad SMARTS) is 1. The molecule has 0 heterocycles. The van der Waals surface area contributed by atoms with Crippen LogP contribution in [0, 0.1) is 0 Å². The lowest BCUT2D eigenvalue weighted by Gasteiger charge is -2.13. The summed E-state index contributed by atoms with van der Waals surface area (Å²) >= 11 is 0. The first kappa shape index (κ1) is 15.3. The van der Waals surface area contributed by atoms with Crippen LogP contribution in [0.15, 0.2) is 18.2 Å². The van der Waals surface area contributed by atoms with E-state index in [2.05, 4.69) is 5.32 Å². The molecular formula is C12H14N2O6. The van der Waals surface area contributed by atoms with Crippen LogP contribution >= 0.6 is 0 Å². The van der Waals surface area contributed by atoms with Crippen molar-refractivity contribution >= 4 is 17.8 Å². The topological polar surface area (TPSA) is 139 Å². The van der Waals surface area contributed by atoms with Crippen molar-refractivity contribution in [1.29, 1.82) is 0 Å². The number of ether oxygens (including phenoxy) is 1. The van der Waals surface area contributed by atoms with Gasteiger partial charge in [0.05, 0.1) is 19.1 Å². The van der Waals surface area contributed by atoms with E-state index in [1.165, 1.54) is 25.3 Å². The summed E-state index contributed by atoms with van der Waals surface area (Å²) in [5.41, 5.74) is 4.76. The maximum Gasteiger partial charge on any atom is 0.326 e. The molecule has 5 N–H and O–H groups in total. The lowest BCUT2D eigenvalue weighted by Crippen LogP contribution is -2.43. The van der Waals surface area contributed by atoms with E-state index in [0.717, 1.165) is 0 Å². The third-order valence-corrected chi connectivity index (χ3v) is 2.46. The normalized spacial score (nSPS) is 11.4. The van der Waals surface area contributed by atoms with Gasteiger partial charge in [0, 0.05) is 6.07 Å². The molecular weight excluding hydrogens is 268 g/mol. The first-order valence-corrected chi connectivity index (χ1v) is 5.54. The second-order valence-electron chi connectivity index (χ2n) is 3.92. The molecule has 0 unspecified atom stereocenters. The van der Waals surface area contributed by atoms with E-state index in [4.69, 9.17) is 15.6 Å². The molecule has 0 saturated carbocycles. The molecule has 1 atom stereocenters. The SMILES string of the molecule is COc1ccc(C(=O)N[C@@H](CC(N)=O)C(=O)O)c(O)c1. The molecule has 0 aliphatic rings. The van der Waals surface area contributed by atoms with Gasteiger partial charge in [0.1, 0.15) is 17.5 Å². The van der Waals surface area contributed by atoms with Crippen molar-refractivity contribution in [2.24, 2.45) is 5.73 Å². The number of nitrogens with two attached hydrogens (primary N) is 1. The number of benzene rings is 1. The van der Waals surface area contributed by atoms with Crippen molar-refractivity contribution in [3.63, 3.8) is 0 Å². The molecule has 0 fully saturated rings. The smallest absolute Gasteiger partial charge is 0.326 e. The lowest BCUT2D eigenvalue weighted by atomic mass is 10.1. The monoisotopic (exact) mass is 282 g/mol. The summed E-state index contributed by atoms with van der Waals surface area (Å²) in [7, 11) is 1.39. The molecule has 8 nitrogen and oxygen atoms in total. The van der Waals surface area contributed by atoms with Gasteiger partial charge in [-0.1, -0.05) is 0 Å². The number of methoxy groups -OCH3 is 1. The number of nitrogens with one attached hydrogen (secondary N) is 1. The van der Waals surface area contributed by atoms with E-state index < -0.39 is 30.2 Å². The van der Waals surface area contributed by atoms with Gasteiger partial charge in [-0.15, -0.1) is 0 Å². The molecule has 0 bridgehead atoms. The Bertz CT molecular complexity index is 543. The Kier molecular flexibility index (Phi) is 4.90. The number of amides is 2. The zero-order valence-corrected chi connectivity index (χ0v) is 10.6. The minimum atomic E-state index is -1.46. The summed E-state index contributed by atoms with van der Waals surface area (Å²) in [4.78, 5) is 33.4. The van der Waals surface area contributed by atoms with Crippen LogP contribution in [-0.2, 0) is 9.59 Å². The lowest BCUT2D eigenvalue weighted by molar-refractivity contribution is -0.140. The molecule has 2 amide bonds. The summed E-state index contributed by atoms with van der Waals surface area (Å²) in [6, 6.07) is 2.45. The highest BCUT2D eigenvalue weighted by Crippen LogP contribution is 2.23. The van der Waals surface area contributed by atoms with Crippen molar-refractivity contribution in [2.45, 2.75) is 12.5 Å². The largest absolute Gasteiger partial charge is 0.507 e. The second kappa shape index (κ2) is 6.41. The number of carbonyl (C=O) groups is 3. The Hall–Kier alpha value is -2.77. The van der Waals surface area contributed by atoms with Gasteiger partial charge in [0.25, 0.3) is 5.91 Å². The highest BCUT2D eigenvalue weighted by molar-refractivity contribution is 5.99. The number of hydrogen-bond donors (Lipinski definition) is 4. The fourth-order valence-electron chi connectivity index (χ4n) is 1.47. The van der Waals surface area contributed by atoms with Crippen molar-refractivity contribution in [3.8, 4) is 11.5 Å². The molecule has 0 aliphatic carbocycles. The number of aliphatic carboxylic acids is 1. The fourth-order valence-corrected chi connectivity index (χ4v) is 1.47. The number of rotatable bonds is 6. The van der Waals surface area contributed by atoms with Crippen LogP contribution in [0.25, 0.3) is 0 Å². The minimum absolute atomic E-state index is 0.137. The second-order valence-corrected chi connectivity index (χ2v) is 3.92. The molecule has 0 aromatic heterocycles. The van der Waals surface area contributed by atoms with Crippen molar-refractivity contribution < 1.29 is 29.3 Å². The molecule has 1 aromatic rings. The van der Waals surface area contributed by atoms with Crippen LogP contribution in [0.3, 0.4) is 0 Å². The van der Waals surface area contributed by atoms with Crippen LogP contribution in [-0.4, -0.2) is 41.1 Å². The Morgan fingerprint density at radius 2 is 2.05 bits per heavy atom. The summed E-state index contributed by atoms with van der Waals surface area (Å²) in [5, 5.41) is 20.6. The van der Waals surface area contributed by atoms with Gasteiger partial charge < -0.3 is 26.0 Å². The van der Waals surface area contributed by atoms with E-state index in [-0.39, 0.29) is 11.3 Å². The Balaban J connectivity index is 2.89. The fraction of sp³-hybridized carbons (Fsp3) is 0.250.